The molecule has 0 bridgehead atoms. The maximum absolute atomic E-state index is 12.6. The van der Waals surface area contributed by atoms with Crippen LogP contribution in [0, 0.1) is 10.1 Å². The van der Waals surface area contributed by atoms with Crippen molar-refractivity contribution in [2.75, 3.05) is 6.54 Å². The molecule has 2 heterocycles. The van der Waals surface area contributed by atoms with Gasteiger partial charge in [-0.1, -0.05) is 12.1 Å². The van der Waals surface area contributed by atoms with Gasteiger partial charge in [0.15, 0.2) is 0 Å². The highest BCUT2D eigenvalue weighted by Crippen LogP contribution is 2.28. The molecular weight excluding hydrogens is 324 g/mol. The molecule has 0 radical (unpaired) electrons. The molecular formula is C18H20N2O5. The van der Waals surface area contributed by atoms with Crippen LogP contribution >= 0.6 is 0 Å². The molecule has 132 valence electrons. The number of nitro groups is 1. The first kappa shape index (κ1) is 17.2. The average molecular weight is 344 g/mol. The minimum atomic E-state index is -0.744. The van der Waals surface area contributed by atoms with Crippen LogP contribution in [0.25, 0.3) is 0 Å². The molecule has 7 heteroatoms. The molecule has 1 fully saturated rings. The van der Waals surface area contributed by atoms with Crippen molar-refractivity contribution in [1.82, 2.24) is 4.90 Å². The summed E-state index contributed by atoms with van der Waals surface area (Å²) in [5.74, 6) is 0.424. The van der Waals surface area contributed by atoms with Crippen LogP contribution in [0.15, 0.2) is 47.1 Å². The molecule has 1 saturated heterocycles. The van der Waals surface area contributed by atoms with Crippen molar-refractivity contribution in [3.8, 4) is 0 Å². The molecule has 1 aromatic carbocycles. The molecule has 3 rings (SSSR count). The Balaban J connectivity index is 1.64. The number of benzene rings is 1. The van der Waals surface area contributed by atoms with Gasteiger partial charge < -0.3 is 14.4 Å². The second-order valence-corrected chi connectivity index (χ2v) is 6.25. The summed E-state index contributed by atoms with van der Waals surface area (Å²) in [7, 11) is 0. The summed E-state index contributed by atoms with van der Waals surface area (Å²) in [6.07, 6.45) is 3.03. The SMILES string of the molecule is O=C(Cc1cccc([N+](=O)[O-])c1)N1CCC[C@H]1C[C@H](O)c1ccco1. The molecule has 1 aliphatic rings. The summed E-state index contributed by atoms with van der Waals surface area (Å²) < 4.78 is 5.22. The van der Waals surface area contributed by atoms with Crippen molar-refractivity contribution in [3.63, 3.8) is 0 Å². The van der Waals surface area contributed by atoms with E-state index >= 15 is 0 Å². The van der Waals surface area contributed by atoms with E-state index in [9.17, 15) is 20.0 Å². The Kier molecular flexibility index (Phi) is 5.14. The lowest BCUT2D eigenvalue weighted by Gasteiger charge is -2.26. The first-order valence-corrected chi connectivity index (χ1v) is 8.29. The number of aliphatic hydroxyl groups is 1. The lowest BCUT2D eigenvalue weighted by atomic mass is 10.0. The Morgan fingerprint density at radius 2 is 2.24 bits per heavy atom. The van der Waals surface area contributed by atoms with Crippen LogP contribution in [0.1, 0.15) is 36.7 Å². The molecule has 2 atom stereocenters. The summed E-state index contributed by atoms with van der Waals surface area (Å²) in [6.45, 7) is 0.642. The number of carbonyl (C=O) groups excluding carboxylic acids is 1. The largest absolute Gasteiger partial charge is 0.467 e. The molecule has 7 nitrogen and oxygen atoms in total. The summed E-state index contributed by atoms with van der Waals surface area (Å²) in [5, 5.41) is 21.1. The van der Waals surface area contributed by atoms with Crippen LogP contribution in [-0.4, -0.2) is 33.4 Å². The van der Waals surface area contributed by atoms with Crippen LogP contribution in [0.2, 0.25) is 0 Å². The number of nitro benzene ring substituents is 1. The Hall–Kier alpha value is -2.67. The topological polar surface area (TPSA) is 96.8 Å². The van der Waals surface area contributed by atoms with E-state index in [4.69, 9.17) is 4.42 Å². The summed E-state index contributed by atoms with van der Waals surface area (Å²) in [6, 6.07) is 9.53. The molecule has 2 aromatic rings. The van der Waals surface area contributed by atoms with Gasteiger partial charge in [0.25, 0.3) is 5.69 Å². The maximum atomic E-state index is 12.6. The second-order valence-electron chi connectivity index (χ2n) is 6.25. The van der Waals surface area contributed by atoms with Crippen LogP contribution in [0.3, 0.4) is 0 Å². The zero-order chi connectivity index (χ0) is 17.8. The van der Waals surface area contributed by atoms with Gasteiger partial charge >= 0.3 is 0 Å². The Bertz CT molecular complexity index is 744. The van der Waals surface area contributed by atoms with Gasteiger partial charge in [-0.15, -0.1) is 0 Å². The third kappa shape index (κ3) is 4.06. The molecule has 25 heavy (non-hydrogen) atoms. The van der Waals surface area contributed by atoms with E-state index < -0.39 is 11.0 Å². The maximum Gasteiger partial charge on any atom is 0.269 e. The fourth-order valence-electron chi connectivity index (χ4n) is 3.32. The van der Waals surface area contributed by atoms with Crippen LogP contribution in [-0.2, 0) is 11.2 Å². The number of carbonyl (C=O) groups is 1. The molecule has 1 aliphatic heterocycles. The highest BCUT2D eigenvalue weighted by Gasteiger charge is 2.31. The van der Waals surface area contributed by atoms with E-state index in [0.29, 0.717) is 24.3 Å². The molecule has 0 saturated carbocycles. The van der Waals surface area contributed by atoms with E-state index in [1.165, 1.54) is 18.4 Å². The monoisotopic (exact) mass is 344 g/mol. The van der Waals surface area contributed by atoms with E-state index in [2.05, 4.69) is 0 Å². The third-order valence-electron chi connectivity index (χ3n) is 4.54. The fraction of sp³-hybridized carbons (Fsp3) is 0.389. The van der Waals surface area contributed by atoms with Gasteiger partial charge in [0.05, 0.1) is 17.6 Å². The molecule has 0 aliphatic carbocycles. The van der Waals surface area contributed by atoms with Crippen molar-refractivity contribution >= 4 is 11.6 Å². The van der Waals surface area contributed by atoms with Gasteiger partial charge in [-0.3, -0.25) is 14.9 Å². The molecule has 1 amide bonds. The van der Waals surface area contributed by atoms with Crippen molar-refractivity contribution in [3.05, 3.63) is 64.1 Å². The molecule has 1 aromatic heterocycles. The van der Waals surface area contributed by atoms with E-state index in [-0.39, 0.29) is 24.1 Å². The Morgan fingerprint density at radius 3 is 2.96 bits per heavy atom. The number of rotatable bonds is 6. The van der Waals surface area contributed by atoms with Gasteiger partial charge in [-0.2, -0.15) is 0 Å². The van der Waals surface area contributed by atoms with Gasteiger partial charge in [0.2, 0.25) is 5.91 Å². The Labute approximate surface area is 145 Å². The van der Waals surface area contributed by atoms with Gasteiger partial charge in [0, 0.05) is 31.1 Å². The first-order chi connectivity index (χ1) is 12.0. The smallest absolute Gasteiger partial charge is 0.269 e. The fourth-order valence-corrected chi connectivity index (χ4v) is 3.32. The highest BCUT2D eigenvalue weighted by atomic mass is 16.6. The minimum Gasteiger partial charge on any atom is -0.467 e. The van der Waals surface area contributed by atoms with E-state index in [1.807, 2.05) is 0 Å². The number of aliphatic hydroxyl groups excluding tert-OH is 1. The lowest BCUT2D eigenvalue weighted by Crippen LogP contribution is -2.37. The van der Waals surface area contributed by atoms with Crippen LogP contribution in [0.5, 0.6) is 0 Å². The van der Waals surface area contributed by atoms with E-state index in [0.717, 1.165) is 12.8 Å². The van der Waals surface area contributed by atoms with E-state index in [1.54, 1.807) is 29.2 Å². The van der Waals surface area contributed by atoms with Crippen LogP contribution in [0.4, 0.5) is 5.69 Å². The van der Waals surface area contributed by atoms with Crippen molar-refractivity contribution < 1.29 is 19.2 Å². The summed E-state index contributed by atoms with van der Waals surface area (Å²) >= 11 is 0. The Morgan fingerprint density at radius 1 is 1.40 bits per heavy atom. The second kappa shape index (κ2) is 7.48. The lowest BCUT2D eigenvalue weighted by molar-refractivity contribution is -0.384. The highest BCUT2D eigenvalue weighted by molar-refractivity contribution is 5.79. The zero-order valence-corrected chi connectivity index (χ0v) is 13.7. The zero-order valence-electron chi connectivity index (χ0n) is 13.7. The van der Waals surface area contributed by atoms with Gasteiger partial charge in [0.1, 0.15) is 11.9 Å². The quantitative estimate of drug-likeness (QED) is 0.642. The number of likely N-dealkylation sites (tertiary alicyclic amines) is 1. The van der Waals surface area contributed by atoms with Crippen molar-refractivity contribution in [1.29, 1.82) is 0 Å². The van der Waals surface area contributed by atoms with Crippen LogP contribution < -0.4 is 0 Å². The number of hydrogen-bond acceptors (Lipinski definition) is 5. The van der Waals surface area contributed by atoms with Gasteiger partial charge in [-0.05, 0) is 30.5 Å². The standard InChI is InChI=1S/C18H20N2O5/c21-16(17-7-3-9-25-17)12-14-6-2-8-19(14)18(22)11-13-4-1-5-15(10-13)20(23)24/h1,3-5,7,9-10,14,16,21H,2,6,8,11-12H2/t14-,16-/m0/s1. The molecule has 1 N–H and O–H groups in total. The number of amides is 1. The minimum absolute atomic E-state index is 0.0171. The van der Waals surface area contributed by atoms with Crippen molar-refractivity contribution in [2.45, 2.75) is 37.8 Å². The number of nitrogens with zero attached hydrogens (tertiary/aromatic N) is 2. The molecule has 0 spiro atoms. The normalized spacial score (nSPS) is 18.3. The third-order valence-corrected chi connectivity index (χ3v) is 4.54. The van der Waals surface area contributed by atoms with Crippen molar-refractivity contribution in [2.24, 2.45) is 0 Å². The summed E-state index contributed by atoms with van der Waals surface area (Å²) in [5.41, 5.74) is 0.605. The number of hydrogen-bond donors (Lipinski definition) is 1. The summed E-state index contributed by atoms with van der Waals surface area (Å²) in [4.78, 5) is 24.8. The average Bonchev–Trinajstić information content (AvgIpc) is 3.26. The number of furan rings is 1. The first-order valence-electron chi connectivity index (χ1n) is 8.29. The molecule has 0 unspecified atom stereocenters. The predicted molar refractivity (Wildman–Crippen MR) is 89.8 cm³/mol. The number of non-ortho nitro benzene ring substituents is 1. The predicted octanol–water partition coefficient (Wildman–Crippen LogP) is 2.85. The van der Waals surface area contributed by atoms with Gasteiger partial charge in [-0.25, -0.2) is 0 Å².